The molecule has 3 rings (SSSR count). The third-order valence-electron chi connectivity index (χ3n) is 3.47. The van der Waals surface area contributed by atoms with Crippen molar-refractivity contribution in [1.29, 1.82) is 0 Å². The summed E-state index contributed by atoms with van der Waals surface area (Å²) in [6.07, 6.45) is 0. The van der Waals surface area contributed by atoms with Gasteiger partial charge in [-0.1, -0.05) is 12.1 Å². The van der Waals surface area contributed by atoms with E-state index in [1.54, 1.807) is 24.3 Å². The predicted octanol–water partition coefficient (Wildman–Crippen LogP) is 2.28. The summed E-state index contributed by atoms with van der Waals surface area (Å²) in [7, 11) is 1.20. The number of nitro benzene ring substituents is 1. The lowest BCUT2D eigenvalue weighted by Gasteiger charge is -2.06. The first kappa shape index (κ1) is 15.3. The smallest absolute Gasteiger partial charge is 0.337 e. The maximum absolute atomic E-state index is 12.3. The fraction of sp³-hybridized carbons (Fsp3) is 0.0625. The van der Waals surface area contributed by atoms with Crippen molar-refractivity contribution in [2.45, 2.75) is 0 Å². The molecule has 0 unspecified atom stereocenters. The van der Waals surface area contributed by atoms with E-state index in [1.165, 1.54) is 19.2 Å². The highest BCUT2D eigenvalue weighted by Gasteiger charge is 2.22. The van der Waals surface area contributed by atoms with Crippen LogP contribution in [0.2, 0.25) is 0 Å². The third-order valence-corrected chi connectivity index (χ3v) is 3.47. The summed E-state index contributed by atoms with van der Waals surface area (Å²) in [5, 5.41) is 11.3. The predicted molar refractivity (Wildman–Crippen MR) is 85.8 cm³/mol. The lowest BCUT2D eigenvalue weighted by atomic mass is 10.1. The first-order chi connectivity index (χ1) is 11.5. The number of hydrogen-bond acceptors (Lipinski definition) is 6. The average Bonchev–Trinajstić information content (AvgIpc) is 2.59. The number of para-hydroxylation sites is 2. The van der Waals surface area contributed by atoms with Crippen LogP contribution in [0.3, 0.4) is 0 Å². The number of benzene rings is 2. The van der Waals surface area contributed by atoms with Crippen LogP contribution in [0.4, 0.5) is 5.69 Å². The number of aromatic nitrogens is 2. The highest BCUT2D eigenvalue weighted by molar-refractivity contribution is 5.92. The van der Waals surface area contributed by atoms with E-state index in [9.17, 15) is 19.7 Å². The minimum Gasteiger partial charge on any atom is -0.465 e. The first-order valence-corrected chi connectivity index (χ1v) is 6.87. The number of hydrogen-bond donors (Lipinski definition) is 1. The molecule has 0 aliphatic rings. The van der Waals surface area contributed by atoms with Gasteiger partial charge >= 0.3 is 5.97 Å². The van der Waals surface area contributed by atoms with Crippen molar-refractivity contribution in [3.05, 3.63) is 68.5 Å². The maximum atomic E-state index is 12.3. The molecule has 1 N–H and O–H groups in total. The highest BCUT2D eigenvalue weighted by Crippen LogP contribution is 2.28. The Bertz CT molecular complexity index is 1030. The van der Waals surface area contributed by atoms with Crippen molar-refractivity contribution >= 4 is 22.7 Å². The second-order valence-electron chi connectivity index (χ2n) is 4.91. The van der Waals surface area contributed by atoms with E-state index >= 15 is 0 Å². The molecule has 0 saturated heterocycles. The molecule has 3 aromatic rings. The number of H-pyrrole nitrogens is 1. The molecule has 1 aromatic heterocycles. The van der Waals surface area contributed by atoms with Crippen LogP contribution in [-0.4, -0.2) is 28.0 Å². The van der Waals surface area contributed by atoms with Gasteiger partial charge in [0, 0.05) is 6.07 Å². The van der Waals surface area contributed by atoms with Crippen LogP contribution in [0, 0.1) is 10.1 Å². The number of rotatable bonds is 3. The van der Waals surface area contributed by atoms with Gasteiger partial charge in [0.15, 0.2) is 0 Å². The van der Waals surface area contributed by atoms with Gasteiger partial charge in [-0.2, -0.15) is 0 Å². The molecule has 0 amide bonds. The fourth-order valence-electron chi connectivity index (χ4n) is 2.34. The molecule has 8 heteroatoms. The normalized spacial score (nSPS) is 10.5. The summed E-state index contributed by atoms with van der Waals surface area (Å²) < 4.78 is 4.61. The summed E-state index contributed by atoms with van der Waals surface area (Å²) in [5.41, 5.74) is -0.00819. The van der Waals surface area contributed by atoms with E-state index in [0.717, 1.165) is 6.07 Å². The molecule has 0 bridgehead atoms. The Labute approximate surface area is 134 Å². The fourth-order valence-corrected chi connectivity index (χ4v) is 2.34. The molecule has 0 fully saturated rings. The molecular weight excluding hydrogens is 314 g/mol. The lowest BCUT2D eigenvalue weighted by Crippen LogP contribution is -2.13. The minimum absolute atomic E-state index is 0.0464. The zero-order valence-electron chi connectivity index (χ0n) is 12.5. The van der Waals surface area contributed by atoms with E-state index < -0.39 is 16.5 Å². The highest BCUT2D eigenvalue weighted by atomic mass is 16.6. The molecule has 0 aliphatic heterocycles. The average molecular weight is 325 g/mol. The summed E-state index contributed by atoms with van der Waals surface area (Å²) in [6.45, 7) is 0. The number of methoxy groups -OCH3 is 1. The van der Waals surface area contributed by atoms with Gasteiger partial charge in [-0.15, -0.1) is 0 Å². The second kappa shape index (κ2) is 5.92. The lowest BCUT2D eigenvalue weighted by molar-refractivity contribution is -0.384. The largest absolute Gasteiger partial charge is 0.465 e. The zero-order valence-corrected chi connectivity index (χ0v) is 12.5. The molecular formula is C16H11N3O5. The molecule has 0 aliphatic carbocycles. The number of nitrogens with one attached hydrogen (secondary N) is 1. The molecule has 0 radical (unpaired) electrons. The van der Waals surface area contributed by atoms with Gasteiger partial charge in [-0.05, 0) is 24.3 Å². The summed E-state index contributed by atoms with van der Waals surface area (Å²) in [5.74, 6) is -0.664. The number of fused-ring (bicyclic) bond motifs is 1. The maximum Gasteiger partial charge on any atom is 0.337 e. The molecule has 8 nitrogen and oxygen atoms in total. The van der Waals surface area contributed by atoms with Crippen molar-refractivity contribution in [2.75, 3.05) is 7.11 Å². The van der Waals surface area contributed by atoms with Crippen LogP contribution in [0.5, 0.6) is 0 Å². The second-order valence-corrected chi connectivity index (χ2v) is 4.91. The number of nitro groups is 1. The van der Waals surface area contributed by atoms with E-state index in [1.807, 2.05) is 0 Å². The number of carbonyl (C=O) groups excluding carboxylic acids is 1. The van der Waals surface area contributed by atoms with Crippen LogP contribution in [0.1, 0.15) is 10.4 Å². The van der Waals surface area contributed by atoms with E-state index in [2.05, 4.69) is 14.7 Å². The van der Waals surface area contributed by atoms with Crippen molar-refractivity contribution in [2.24, 2.45) is 0 Å². The standard InChI is InChI=1S/C16H11N3O5/c1-24-16(21)9-6-7-13(19(22)23)10(8-9)14-15(20)18-12-5-3-2-4-11(12)17-14/h2-8H,1H3,(H,18,20). The Balaban J connectivity index is 2.31. The third kappa shape index (κ3) is 2.60. The van der Waals surface area contributed by atoms with Gasteiger partial charge in [-0.3, -0.25) is 14.9 Å². The Morgan fingerprint density at radius 1 is 1.25 bits per heavy atom. The Hall–Kier alpha value is -3.55. The van der Waals surface area contributed by atoms with Gasteiger partial charge in [0.2, 0.25) is 0 Å². The number of esters is 1. The van der Waals surface area contributed by atoms with Gasteiger partial charge in [-0.25, -0.2) is 9.78 Å². The van der Waals surface area contributed by atoms with Gasteiger partial charge < -0.3 is 9.72 Å². The van der Waals surface area contributed by atoms with Gasteiger partial charge in [0.05, 0.1) is 34.2 Å². The van der Waals surface area contributed by atoms with Crippen LogP contribution in [-0.2, 0) is 4.74 Å². The van der Waals surface area contributed by atoms with E-state index in [0.29, 0.717) is 11.0 Å². The molecule has 24 heavy (non-hydrogen) atoms. The van der Waals surface area contributed by atoms with Crippen LogP contribution in [0.25, 0.3) is 22.3 Å². The number of nitrogens with zero attached hydrogens (tertiary/aromatic N) is 2. The number of carbonyl (C=O) groups is 1. The number of ether oxygens (including phenoxy) is 1. The summed E-state index contributed by atoms with van der Waals surface area (Å²) in [4.78, 5) is 41.5. The van der Waals surface area contributed by atoms with E-state index in [-0.39, 0.29) is 22.5 Å². The topological polar surface area (TPSA) is 115 Å². The Morgan fingerprint density at radius 2 is 2.00 bits per heavy atom. The molecule has 0 spiro atoms. The van der Waals surface area contributed by atoms with Crippen molar-refractivity contribution < 1.29 is 14.5 Å². The SMILES string of the molecule is COC(=O)c1ccc([N+](=O)[O-])c(-c2nc3ccccc3[nH]c2=O)c1. The quantitative estimate of drug-likeness (QED) is 0.449. The van der Waals surface area contributed by atoms with Crippen molar-refractivity contribution in [3.8, 4) is 11.3 Å². The summed E-state index contributed by atoms with van der Waals surface area (Å²) in [6, 6.07) is 10.5. The van der Waals surface area contributed by atoms with Crippen LogP contribution in [0.15, 0.2) is 47.3 Å². The number of aromatic amines is 1. The van der Waals surface area contributed by atoms with Crippen LogP contribution < -0.4 is 5.56 Å². The molecule has 0 atom stereocenters. The Kier molecular flexibility index (Phi) is 3.78. The molecule has 0 saturated carbocycles. The molecule has 120 valence electrons. The molecule has 2 aromatic carbocycles. The van der Waals surface area contributed by atoms with Crippen molar-refractivity contribution in [1.82, 2.24) is 9.97 Å². The monoisotopic (exact) mass is 325 g/mol. The first-order valence-electron chi connectivity index (χ1n) is 6.87. The van der Waals surface area contributed by atoms with Gasteiger partial charge in [0.1, 0.15) is 5.69 Å². The van der Waals surface area contributed by atoms with Crippen molar-refractivity contribution in [3.63, 3.8) is 0 Å². The molecule has 1 heterocycles. The summed E-state index contributed by atoms with van der Waals surface area (Å²) >= 11 is 0. The van der Waals surface area contributed by atoms with E-state index in [4.69, 9.17) is 0 Å². The minimum atomic E-state index is -0.664. The van der Waals surface area contributed by atoms with Gasteiger partial charge in [0.25, 0.3) is 11.2 Å². The van der Waals surface area contributed by atoms with Crippen LogP contribution >= 0.6 is 0 Å². The zero-order chi connectivity index (χ0) is 17.3. The Morgan fingerprint density at radius 3 is 2.71 bits per heavy atom.